The molecule has 3 nitrogen and oxygen atoms in total. The number of Topliss-reactive ketones (excluding diaryl/α,β-unsaturated/α-hetero) is 1. The number of carbonyl (C=O) groups is 1. The molecule has 0 saturated carbocycles. The summed E-state index contributed by atoms with van der Waals surface area (Å²) in [6, 6.07) is 35.7. The smallest absolute Gasteiger partial charge is 0.195 e. The minimum Gasteiger partial charge on any atom is -0.289 e. The Balaban J connectivity index is 1.65. The van der Waals surface area contributed by atoms with E-state index in [-0.39, 0.29) is 5.78 Å². The monoisotopic (exact) mass is 456 g/mol. The minimum atomic E-state index is -0.0824. The molecule has 0 unspecified atom stereocenters. The van der Waals surface area contributed by atoms with Crippen LogP contribution in [-0.4, -0.2) is 5.78 Å². The highest BCUT2D eigenvalue weighted by molar-refractivity contribution is 6.61. The van der Waals surface area contributed by atoms with Crippen LogP contribution < -0.4 is 0 Å². The quantitative estimate of drug-likeness (QED) is 0.265. The first-order valence-corrected chi connectivity index (χ1v) is 11.7. The van der Waals surface area contributed by atoms with Gasteiger partial charge in [-0.25, -0.2) is 0 Å². The van der Waals surface area contributed by atoms with Crippen LogP contribution in [0.15, 0.2) is 97.1 Å². The van der Waals surface area contributed by atoms with Crippen LogP contribution in [-0.2, 0) is 4.79 Å². The molecule has 5 aromatic carbocycles. The van der Waals surface area contributed by atoms with Crippen molar-refractivity contribution in [1.29, 1.82) is 10.5 Å². The van der Waals surface area contributed by atoms with Crippen molar-refractivity contribution in [2.45, 2.75) is 0 Å². The van der Waals surface area contributed by atoms with Crippen LogP contribution >= 0.6 is 0 Å². The molecule has 0 N–H and O–H groups in total. The van der Waals surface area contributed by atoms with E-state index in [2.05, 4.69) is 42.5 Å². The number of hydrogen-bond acceptors (Lipinski definition) is 3. The molecule has 0 spiro atoms. The molecular formula is C33H16N2O. The second-order valence-electron chi connectivity index (χ2n) is 9.09. The number of ketones is 1. The van der Waals surface area contributed by atoms with Crippen molar-refractivity contribution in [2.75, 3.05) is 0 Å². The summed E-state index contributed by atoms with van der Waals surface area (Å²) >= 11 is 0. The first kappa shape index (κ1) is 20.2. The fraction of sp³-hybridized carbons (Fsp3) is 0. The zero-order valence-corrected chi connectivity index (χ0v) is 19.0. The number of fused-ring (bicyclic) bond motifs is 5. The Morgan fingerprint density at radius 2 is 1.11 bits per heavy atom. The van der Waals surface area contributed by atoms with Gasteiger partial charge >= 0.3 is 0 Å². The second-order valence-corrected chi connectivity index (χ2v) is 9.09. The van der Waals surface area contributed by atoms with Crippen molar-refractivity contribution < 1.29 is 4.79 Å². The van der Waals surface area contributed by atoms with Crippen molar-refractivity contribution in [1.82, 2.24) is 0 Å². The fourth-order valence-corrected chi connectivity index (χ4v) is 5.75. The van der Waals surface area contributed by atoms with Gasteiger partial charge in [0, 0.05) is 22.3 Å². The summed E-state index contributed by atoms with van der Waals surface area (Å²) in [4.78, 5) is 14.2. The third kappa shape index (κ3) is 2.63. The Labute approximate surface area is 207 Å². The first-order chi connectivity index (χ1) is 17.7. The Morgan fingerprint density at radius 1 is 0.528 bits per heavy atom. The number of allylic oxidation sites excluding steroid dienone is 4. The van der Waals surface area contributed by atoms with Crippen molar-refractivity contribution in [2.24, 2.45) is 0 Å². The molecule has 3 heteroatoms. The van der Waals surface area contributed by atoms with Gasteiger partial charge < -0.3 is 0 Å². The molecule has 0 saturated heterocycles. The van der Waals surface area contributed by atoms with Crippen LogP contribution in [0.2, 0.25) is 0 Å². The number of hydrogen-bond donors (Lipinski definition) is 0. The van der Waals surface area contributed by atoms with Gasteiger partial charge in [-0.2, -0.15) is 10.5 Å². The number of carbonyl (C=O) groups excluding carboxylic acids is 1. The molecule has 2 aliphatic carbocycles. The van der Waals surface area contributed by atoms with E-state index in [0.717, 1.165) is 49.6 Å². The highest BCUT2D eigenvalue weighted by atomic mass is 16.1. The SMILES string of the molecule is N#Cc1cccc(C2=C3C(=C(c4cccc(C#N)c4)C2=O)c2cc4ccccc4c4cccc3c24)c1. The molecule has 0 fully saturated rings. The van der Waals surface area contributed by atoms with E-state index >= 15 is 0 Å². The van der Waals surface area contributed by atoms with Crippen LogP contribution in [0.3, 0.4) is 0 Å². The topological polar surface area (TPSA) is 64.7 Å². The lowest BCUT2D eigenvalue weighted by molar-refractivity contribution is -0.108. The lowest BCUT2D eigenvalue weighted by atomic mass is 9.91. The lowest BCUT2D eigenvalue weighted by Gasteiger charge is -2.11. The van der Waals surface area contributed by atoms with Crippen molar-refractivity contribution >= 4 is 49.6 Å². The molecule has 0 atom stereocenters. The third-order valence-corrected chi connectivity index (χ3v) is 7.19. The van der Waals surface area contributed by atoms with Crippen LogP contribution in [0.5, 0.6) is 0 Å². The van der Waals surface area contributed by atoms with Crippen LogP contribution in [0, 0.1) is 22.7 Å². The molecule has 36 heavy (non-hydrogen) atoms. The summed E-state index contributed by atoms with van der Waals surface area (Å²) in [5, 5.41) is 23.6. The maximum absolute atomic E-state index is 14.2. The van der Waals surface area contributed by atoms with Gasteiger partial charge in [0.25, 0.3) is 0 Å². The van der Waals surface area contributed by atoms with E-state index < -0.39 is 0 Å². The van der Waals surface area contributed by atoms with Gasteiger partial charge in [-0.05, 0) is 74.1 Å². The van der Waals surface area contributed by atoms with E-state index in [4.69, 9.17) is 0 Å². The van der Waals surface area contributed by atoms with Gasteiger partial charge in [0.15, 0.2) is 5.78 Å². The van der Waals surface area contributed by atoms with E-state index in [9.17, 15) is 15.3 Å². The molecule has 7 rings (SSSR count). The largest absolute Gasteiger partial charge is 0.289 e. The summed E-state index contributed by atoms with van der Waals surface area (Å²) in [6.07, 6.45) is 0. The lowest BCUT2D eigenvalue weighted by Crippen LogP contribution is -2.03. The molecular weight excluding hydrogens is 440 g/mol. The number of nitrogens with zero attached hydrogens (tertiary/aromatic N) is 2. The van der Waals surface area contributed by atoms with Gasteiger partial charge in [-0.1, -0.05) is 66.7 Å². The van der Waals surface area contributed by atoms with Crippen molar-refractivity contribution in [3.05, 3.63) is 130 Å². The zero-order valence-electron chi connectivity index (χ0n) is 19.0. The molecule has 0 amide bonds. The fourth-order valence-electron chi connectivity index (χ4n) is 5.75. The summed E-state index contributed by atoms with van der Waals surface area (Å²) in [7, 11) is 0. The maximum Gasteiger partial charge on any atom is 0.195 e. The van der Waals surface area contributed by atoms with Gasteiger partial charge in [0.1, 0.15) is 0 Å². The van der Waals surface area contributed by atoms with Crippen LogP contribution in [0.25, 0.3) is 43.8 Å². The van der Waals surface area contributed by atoms with Gasteiger partial charge in [0.2, 0.25) is 0 Å². The number of benzene rings is 5. The third-order valence-electron chi connectivity index (χ3n) is 7.19. The van der Waals surface area contributed by atoms with E-state index in [0.29, 0.717) is 22.3 Å². The summed E-state index contributed by atoms with van der Waals surface area (Å²) < 4.78 is 0. The normalized spacial score (nSPS) is 13.9. The zero-order chi connectivity index (χ0) is 24.4. The molecule has 0 bridgehead atoms. The van der Waals surface area contributed by atoms with Gasteiger partial charge in [-0.15, -0.1) is 0 Å². The molecule has 0 aliphatic heterocycles. The molecule has 5 aromatic rings. The summed E-state index contributed by atoms with van der Waals surface area (Å²) in [6.45, 7) is 0. The van der Waals surface area contributed by atoms with E-state index in [1.807, 2.05) is 42.5 Å². The van der Waals surface area contributed by atoms with Crippen molar-refractivity contribution in [3.63, 3.8) is 0 Å². The van der Waals surface area contributed by atoms with E-state index in [1.54, 1.807) is 24.3 Å². The molecule has 2 aliphatic rings. The van der Waals surface area contributed by atoms with Crippen molar-refractivity contribution in [3.8, 4) is 12.1 Å². The Hall–Kier alpha value is -5.25. The average molecular weight is 457 g/mol. The highest BCUT2D eigenvalue weighted by Crippen LogP contribution is 2.57. The number of rotatable bonds is 2. The summed E-state index contributed by atoms with van der Waals surface area (Å²) in [5.74, 6) is -0.0824. The van der Waals surface area contributed by atoms with Crippen LogP contribution in [0.4, 0.5) is 0 Å². The Morgan fingerprint density at radius 3 is 1.78 bits per heavy atom. The second kappa shape index (κ2) is 7.37. The maximum atomic E-state index is 14.2. The molecule has 0 heterocycles. The minimum absolute atomic E-state index is 0.0824. The molecule has 0 radical (unpaired) electrons. The molecule has 0 aromatic heterocycles. The van der Waals surface area contributed by atoms with Gasteiger partial charge in [-0.3, -0.25) is 4.79 Å². The summed E-state index contributed by atoms with van der Waals surface area (Å²) in [5.41, 5.74) is 7.56. The highest BCUT2D eigenvalue weighted by Gasteiger charge is 2.40. The molecule has 164 valence electrons. The Bertz CT molecular complexity index is 1980. The predicted molar refractivity (Wildman–Crippen MR) is 142 cm³/mol. The average Bonchev–Trinajstić information content (AvgIpc) is 3.41. The standard InChI is InChI=1S/C33H16N2O/c34-17-19-6-3-9-22(14-19)28-31-26-13-5-12-25-24-11-2-1-8-21(24)16-27(30(25)26)32(31)29(33(28)36)23-10-4-7-20(15-23)18-35/h1-16H. The number of nitriles is 2. The first-order valence-electron chi connectivity index (χ1n) is 11.7. The predicted octanol–water partition coefficient (Wildman–Crippen LogP) is 7.15. The van der Waals surface area contributed by atoms with Gasteiger partial charge in [0.05, 0.1) is 23.3 Å². The Kier molecular flexibility index (Phi) is 4.13. The van der Waals surface area contributed by atoms with E-state index in [1.165, 1.54) is 5.39 Å². The van der Waals surface area contributed by atoms with Crippen LogP contribution in [0.1, 0.15) is 33.4 Å².